The van der Waals surface area contributed by atoms with Crippen LogP contribution in [0.4, 0.5) is 4.39 Å². The summed E-state index contributed by atoms with van der Waals surface area (Å²) in [5, 5.41) is 0. The van der Waals surface area contributed by atoms with Gasteiger partial charge in [0.1, 0.15) is 5.82 Å². The van der Waals surface area contributed by atoms with Crippen molar-refractivity contribution >= 4 is 31.9 Å². The number of rotatable bonds is 4. The van der Waals surface area contributed by atoms with Crippen LogP contribution in [0, 0.1) is 17.7 Å². The molecule has 0 bridgehead atoms. The van der Waals surface area contributed by atoms with Gasteiger partial charge in [-0.25, -0.2) is 4.39 Å². The summed E-state index contributed by atoms with van der Waals surface area (Å²) in [6, 6.07) is 5.30. The third kappa shape index (κ3) is 3.85. The van der Waals surface area contributed by atoms with E-state index in [1.54, 1.807) is 0 Å². The molecule has 0 aliphatic carbocycles. The molecule has 1 aromatic carbocycles. The van der Waals surface area contributed by atoms with Crippen molar-refractivity contribution in [1.82, 2.24) is 0 Å². The molecular weight excluding hydrogens is 335 g/mol. The number of hydrogen-bond acceptors (Lipinski definition) is 0. The summed E-state index contributed by atoms with van der Waals surface area (Å²) in [5.41, 5.74) is 0.799. The van der Waals surface area contributed by atoms with E-state index in [0.29, 0.717) is 16.7 Å². The summed E-state index contributed by atoms with van der Waals surface area (Å²) in [6.07, 6.45) is 0.781. The first kappa shape index (κ1) is 14.2. The van der Waals surface area contributed by atoms with E-state index in [0.717, 1.165) is 16.5 Å². The Labute approximate surface area is 114 Å². The average molecular weight is 352 g/mol. The highest BCUT2D eigenvalue weighted by molar-refractivity contribution is 9.10. The van der Waals surface area contributed by atoms with E-state index >= 15 is 0 Å². The van der Waals surface area contributed by atoms with Gasteiger partial charge in [0.05, 0.1) is 0 Å². The van der Waals surface area contributed by atoms with Crippen LogP contribution in [-0.2, 0) is 6.42 Å². The fourth-order valence-corrected chi connectivity index (χ4v) is 3.00. The van der Waals surface area contributed by atoms with E-state index in [1.165, 1.54) is 6.07 Å². The van der Waals surface area contributed by atoms with Crippen LogP contribution in [0.1, 0.15) is 26.3 Å². The maximum absolute atomic E-state index is 13.7. The van der Waals surface area contributed by atoms with Crippen LogP contribution in [0.15, 0.2) is 22.7 Å². The molecule has 0 aromatic heterocycles. The van der Waals surface area contributed by atoms with E-state index in [-0.39, 0.29) is 5.82 Å². The van der Waals surface area contributed by atoms with Crippen molar-refractivity contribution in [3.63, 3.8) is 0 Å². The summed E-state index contributed by atoms with van der Waals surface area (Å²) in [5.74, 6) is 0.876. The molecule has 0 spiro atoms. The molecule has 1 rings (SSSR count). The Kier molecular flexibility index (Phi) is 5.45. The van der Waals surface area contributed by atoms with Crippen molar-refractivity contribution in [2.24, 2.45) is 11.8 Å². The van der Waals surface area contributed by atoms with Gasteiger partial charge in [0.15, 0.2) is 0 Å². The van der Waals surface area contributed by atoms with Crippen molar-refractivity contribution in [2.45, 2.75) is 32.0 Å². The molecular formula is C13H17Br2F. The smallest absolute Gasteiger partial charge is 0.127 e. The third-order valence-electron chi connectivity index (χ3n) is 2.92. The molecule has 3 heteroatoms. The normalized spacial score (nSPS) is 15.2. The summed E-state index contributed by atoms with van der Waals surface area (Å²) in [7, 11) is 0. The molecule has 0 aliphatic rings. The minimum Gasteiger partial charge on any atom is -0.207 e. The zero-order valence-electron chi connectivity index (χ0n) is 9.81. The van der Waals surface area contributed by atoms with Crippen LogP contribution in [0.5, 0.6) is 0 Å². The van der Waals surface area contributed by atoms with Crippen molar-refractivity contribution < 1.29 is 4.39 Å². The van der Waals surface area contributed by atoms with E-state index < -0.39 is 0 Å². The standard InChI is InChI=1S/C13H17Br2F/c1-8(2)12(9(3)14)6-10-4-5-11(15)7-13(10)16/h4-5,7-9,12H,6H2,1-3H3. The van der Waals surface area contributed by atoms with Crippen LogP contribution < -0.4 is 0 Å². The van der Waals surface area contributed by atoms with Crippen LogP contribution in [0.25, 0.3) is 0 Å². The minimum absolute atomic E-state index is 0.117. The number of halogens is 3. The van der Waals surface area contributed by atoms with Crippen molar-refractivity contribution in [2.75, 3.05) is 0 Å². The third-order valence-corrected chi connectivity index (χ3v) is 4.09. The largest absolute Gasteiger partial charge is 0.207 e. The zero-order valence-corrected chi connectivity index (χ0v) is 13.0. The van der Waals surface area contributed by atoms with Gasteiger partial charge < -0.3 is 0 Å². The van der Waals surface area contributed by atoms with Gasteiger partial charge in [0.2, 0.25) is 0 Å². The second kappa shape index (κ2) is 6.15. The quantitative estimate of drug-likeness (QED) is 0.655. The Morgan fingerprint density at radius 1 is 1.25 bits per heavy atom. The molecule has 90 valence electrons. The van der Waals surface area contributed by atoms with Crippen molar-refractivity contribution in [3.8, 4) is 0 Å². The Bertz CT molecular complexity index is 340. The van der Waals surface area contributed by atoms with Gasteiger partial charge in [-0.15, -0.1) is 0 Å². The topological polar surface area (TPSA) is 0 Å². The molecule has 0 saturated carbocycles. The van der Waals surface area contributed by atoms with Gasteiger partial charge in [0, 0.05) is 9.30 Å². The lowest BCUT2D eigenvalue weighted by Crippen LogP contribution is -2.20. The van der Waals surface area contributed by atoms with Gasteiger partial charge in [0.25, 0.3) is 0 Å². The first-order chi connectivity index (χ1) is 7.41. The lowest BCUT2D eigenvalue weighted by atomic mass is 9.87. The molecule has 0 amide bonds. The van der Waals surface area contributed by atoms with Crippen LogP contribution in [0.3, 0.4) is 0 Å². The van der Waals surface area contributed by atoms with E-state index in [4.69, 9.17) is 0 Å². The van der Waals surface area contributed by atoms with Crippen LogP contribution >= 0.6 is 31.9 Å². The maximum atomic E-state index is 13.7. The Balaban J connectivity index is 2.85. The second-order valence-electron chi connectivity index (χ2n) is 4.53. The Morgan fingerprint density at radius 2 is 1.88 bits per heavy atom. The van der Waals surface area contributed by atoms with E-state index in [9.17, 15) is 4.39 Å². The molecule has 1 aromatic rings. The highest BCUT2D eigenvalue weighted by Gasteiger charge is 2.20. The van der Waals surface area contributed by atoms with Gasteiger partial charge in [-0.05, 0) is 36.0 Å². The number of hydrogen-bond donors (Lipinski definition) is 0. The Hall–Kier alpha value is 0.110. The SMILES string of the molecule is CC(C)C(Cc1ccc(Br)cc1F)C(C)Br. The summed E-state index contributed by atoms with van der Waals surface area (Å²) in [4.78, 5) is 0.399. The number of alkyl halides is 1. The van der Waals surface area contributed by atoms with Crippen molar-refractivity contribution in [3.05, 3.63) is 34.1 Å². The van der Waals surface area contributed by atoms with Gasteiger partial charge in [-0.2, -0.15) is 0 Å². The van der Waals surface area contributed by atoms with Gasteiger partial charge in [-0.3, -0.25) is 0 Å². The monoisotopic (exact) mass is 350 g/mol. The predicted molar refractivity (Wildman–Crippen MR) is 74.5 cm³/mol. The highest BCUT2D eigenvalue weighted by atomic mass is 79.9. The molecule has 16 heavy (non-hydrogen) atoms. The predicted octanol–water partition coefficient (Wildman–Crippen LogP) is 5.19. The maximum Gasteiger partial charge on any atom is 0.127 e. The first-order valence-corrected chi connectivity index (χ1v) is 7.20. The molecule has 2 atom stereocenters. The molecule has 0 aliphatic heterocycles. The lowest BCUT2D eigenvalue weighted by Gasteiger charge is -2.23. The number of benzene rings is 1. The highest BCUT2D eigenvalue weighted by Crippen LogP contribution is 2.27. The minimum atomic E-state index is -0.117. The zero-order chi connectivity index (χ0) is 12.3. The summed E-state index contributed by atoms with van der Waals surface area (Å²) >= 11 is 6.88. The fraction of sp³-hybridized carbons (Fsp3) is 0.538. The van der Waals surface area contributed by atoms with Gasteiger partial charge in [-0.1, -0.05) is 58.7 Å². The fourth-order valence-electron chi connectivity index (χ4n) is 1.87. The van der Waals surface area contributed by atoms with Crippen LogP contribution in [0.2, 0.25) is 0 Å². The summed E-state index contributed by atoms with van der Waals surface area (Å²) in [6.45, 7) is 6.49. The Morgan fingerprint density at radius 3 is 2.31 bits per heavy atom. The van der Waals surface area contributed by atoms with Gasteiger partial charge >= 0.3 is 0 Å². The molecule has 0 nitrogen and oxygen atoms in total. The van der Waals surface area contributed by atoms with E-state index in [2.05, 4.69) is 52.6 Å². The molecule has 0 heterocycles. The van der Waals surface area contributed by atoms with E-state index in [1.807, 2.05) is 12.1 Å². The molecule has 0 radical (unpaired) electrons. The summed E-state index contributed by atoms with van der Waals surface area (Å²) < 4.78 is 14.5. The lowest BCUT2D eigenvalue weighted by molar-refractivity contribution is 0.378. The van der Waals surface area contributed by atoms with Crippen molar-refractivity contribution in [1.29, 1.82) is 0 Å². The molecule has 0 saturated heterocycles. The molecule has 0 N–H and O–H groups in total. The first-order valence-electron chi connectivity index (χ1n) is 5.49. The average Bonchev–Trinajstić information content (AvgIpc) is 2.15. The molecule has 2 unspecified atom stereocenters. The second-order valence-corrected chi connectivity index (χ2v) is 6.89. The molecule has 0 fully saturated rings. The van der Waals surface area contributed by atoms with Crippen LogP contribution in [-0.4, -0.2) is 4.83 Å².